The van der Waals surface area contributed by atoms with Gasteiger partial charge < -0.3 is 28.7 Å². The molecule has 1 saturated carbocycles. The van der Waals surface area contributed by atoms with E-state index >= 15 is 0 Å². The molecule has 2 fully saturated rings. The molecule has 2 amide bonds. The molecule has 15 nitrogen and oxygen atoms in total. The number of aliphatic imine (C=N–C) groups is 1. The van der Waals surface area contributed by atoms with Crippen LogP contribution < -0.4 is 9.80 Å². The Hall–Kier alpha value is -4.70. The van der Waals surface area contributed by atoms with Crippen LogP contribution in [0.2, 0.25) is 0 Å². The van der Waals surface area contributed by atoms with Crippen molar-refractivity contribution < 1.29 is 41.1 Å². The van der Waals surface area contributed by atoms with Gasteiger partial charge >= 0.3 is 12.2 Å². The van der Waals surface area contributed by atoms with E-state index in [0.717, 1.165) is 23.1 Å². The number of hydrogen-bond donors (Lipinski definition) is 0. The predicted octanol–water partition coefficient (Wildman–Crippen LogP) is 7.13. The van der Waals surface area contributed by atoms with E-state index in [2.05, 4.69) is 18.2 Å². The zero-order valence-corrected chi connectivity index (χ0v) is 35.7. The van der Waals surface area contributed by atoms with Crippen molar-refractivity contribution >= 4 is 45.6 Å². The first kappa shape index (κ1) is 44.0. The standard InChI is InChI=1S/C40H58N6O9S/c1-25(51-35(41-12)28-17-15-27(16-18-28)22-44(13)36(47)53-39(6,7)8)33-34(46(26(2)52-38(3,4)5)37(48)54-40(9,10)11)42-21-32(43-33)45-23-29-19-20-31(30(29)24-45)55-56(14,49)50/h15-18,21,29-31H,1-2,19-20,22-24H2,3-14H3/b41-35-/t29-,30+,31?/m0/s1. The molecule has 1 aliphatic heterocycles. The van der Waals surface area contributed by atoms with Gasteiger partial charge in [-0.1, -0.05) is 18.7 Å². The number of rotatable bonds is 11. The molecule has 4 rings (SSSR count). The minimum atomic E-state index is -3.63. The van der Waals surface area contributed by atoms with Crippen LogP contribution in [0.5, 0.6) is 0 Å². The Morgan fingerprint density at radius 3 is 2.05 bits per heavy atom. The average Bonchev–Trinajstić information content (AvgIpc) is 3.63. The summed E-state index contributed by atoms with van der Waals surface area (Å²) in [5, 5.41) is 0. The third-order valence-corrected chi connectivity index (χ3v) is 9.22. The van der Waals surface area contributed by atoms with Crippen molar-refractivity contribution in [3.8, 4) is 0 Å². The number of nitrogens with zero attached hydrogens (tertiary/aromatic N) is 6. The molecule has 1 unspecified atom stereocenters. The number of hydrogen-bond acceptors (Lipinski definition) is 13. The Balaban J connectivity index is 1.70. The molecule has 3 atom stereocenters. The number of carbonyl (C=O) groups excluding carboxylic acids is 2. The molecule has 1 saturated heterocycles. The molecule has 2 aromatic rings. The van der Waals surface area contributed by atoms with E-state index in [9.17, 15) is 18.0 Å². The van der Waals surface area contributed by atoms with E-state index in [1.54, 1.807) is 47.0 Å². The van der Waals surface area contributed by atoms with Crippen LogP contribution in [0.25, 0.3) is 5.76 Å². The predicted molar refractivity (Wildman–Crippen MR) is 216 cm³/mol. The lowest BCUT2D eigenvalue weighted by molar-refractivity contribution is 0.0282. The molecular weight excluding hydrogens is 741 g/mol. The lowest BCUT2D eigenvalue weighted by atomic mass is 10.00. The van der Waals surface area contributed by atoms with Crippen LogP contribution in [0.3, 0.4) is 0 Å². The molecule has 2 aliphatic rings. The summed E-state index contributed by atoms with van der Waals surface area (Å²) in [5.41, 5.74) is -0.699. The molecule has 0 spiro atoms. The van der Waals surface area contributed by atoms with Crippen molar-refractivity contribution in [1.29, 1.82) is 0 Å². The van der Waals surface area contributed by atoms with Crippen molar-refractivity contribution in [1.82, 2.24) is 14.9 Å². The number of amides is 2. The highest BCUT2D eigenvalue weighted by atomic mass is 32.2. The summed E-state index contributed by atoms with van der Waals surface area (Å²) < 4.78 is 53.1. The second-order valence-corrected chi connectivity index (χ2v) is 18.8. The minimum absolute atomic E-state index is 0.00379. The third-order valence-electron chi connectivity index (χ3n) is 8.63. The van der Waals surface area contributed by atoms with Crippen LogP contribution in [0, 0.1) is 11.8 Å². The third kappa shape index (κ3) is 12.1. The highest BCUT2D eigenvalue weighted by Gasteiger charge is 2.45. The SMILES string of the molecule is C=C(O/C(=N\C)c1ccc(CN(C)C(=O)OC(C)(C)C)cc1)c1nc(N2C[C@@H]3CCC(OS(C)(=O)=O)[C@@H]3C2)cnc1N(C(=C)OC(C)(C)C)C(=O)OC(C)(C)C. The first-order chi connectivity index (χ1) is 25.7. The summed E-state index contributed by atoms with van der Waals surface area (Å²) in [7, 11) is -0.400. The first-order valence-electron chi connectivity index (χ1n) is 18.5. The number of anilines is 2. The van der Waals surface area contributed by atoms with Gasteiger partial charge in [0.2, 0.25) is 5.90 Å². The van der Waals surface area contributed by atoms with Gasteiger partial charge in [-0.25, -0.2) is 19.6 Å². The van der Waals surface area contributed by atoms with Crippen LogP contribution in [0.4, 0.5) is 21.2 Å². The Kier molecular flexibility index (Phi) is 13.2. The monoisotopic (exact) mass is 798 g/mol. The molecule has 0 radical (unpaired) electrons. The van der Waals surface area contributed by atoms with Gasteiger partial charge in [-0.2, -0.15) is 13.3 Å². The van der Waals surface area contributed by atoms with Gasteiger partial charge in [-0.3, -0.25) is 9.18 Å². The molecule has 56 heavy (non-hydrogen) atoms. The Morgan fingerprint density at radius 2 is 1.50 bits per heavy atom. The van der Waals surface area contributed by atoms with Gasteiger partial charge in [0.15, 0.2) is 23.2 Å². The van der Waals surface area contributed by atoms with Crippen molar-refractivity contribution in [3.63, 3.8) is 0 Å². The van der Waals surface area contributed by atoms with Crippen molar-refractivity contribution in [2.75, 3.05) is 43.2 Å². The normalized spacial score (nSPS) is 18.9. The van der Waals surface area contributed by atoms with Crippen molar-refractivity contribution in [2.24, 2.45) is 16.8 Å². The second kappa shape index (κ2) is 16.8. The summed E-state index contributed by atoms with van der Waals surface area (Å²) in [6.07, 6.45) is 2.37. The van der Waals surface area contributed by atoms with Crippen LogP contribution in [-0.2, 0) is 39.8 Å². The van der Waals surface area contributed by atoms with E-state index < -0.39 is 45.2 Å². The fourth-order valence-corrected chi connectivity index (χ4v) is 7.15. The fraction of sp³-hybridized carbons (Fsp3) is 0.575. The molecule has 0 bridgehead atoms. The van der Waals surface area contributed by atoms with Crippen molar-refractivity contribution in [3.05, 3.63) is 66.3 Å². The molecule has 1 aliphatic carbocycles. The Morgan fingerprint density at radius 1 is 0.911 bits per heavy atom. The van der Waals surface area contributed by atoms with Gasteiger partial charge in [0, 0.05) is 45.2 Å². The lowest BCUT2D eigenvalue weighted by Gasteiger charge is -2.32. The van der Waals surface area contributed by atoms with Gasteiger partial charge in [-0.15, -0.1) is 0 Å². The highest BCUT2D eigenvalue weighted by molar-refractivity contribution is 7.86. The smallest absolute Gasteiger partial charge is 0.423 e. The average molecular weight is 799 g/mol. The molecule has 1 aromatic heterocycles. The highest BCUT2D eigenvalue weighted by Crippen LogP contribution is 2.42. The fourth-order valence-electron chi connectivity index (χ4n) is 6.47. The summed E-state index contributed by atoms with van der Waals surface area (Å²) in [5.74, 6) is 0.768. The lowest BCUT2D eigenvalue weighted by Crippen LogP contribution is -2.40. The largest absolute Gasteiger partial charge is 0.473 e. The van der Waals surface area contributed by atoms with Crippen LogP contribution in [-0.4, -0.2) is 97.7 Å². The maximum Gasteiger partial charge on any atom is 0.423 e. The first-order valence-corrected chi connectivity index (χ1v) is 20.3. The van der Waals surface area contributed by atoms with Crippen LogP contribution in [0.1, 0.15) is 92.0 Å². The van der Waals surface area contributed by atoms with E-state index in [0.29, 0.717) is 37.4 Å². The Bertz CT molecular complexity index is 1900. The molecule has 0 N–H and O–H groups in total. The van der Waals surface area contributed by atoms with Crippen LogP contribution >= 0.6 is 0 Å². The van der Waals surface area contributed by atoms with Crippen LogP contribution in [0.15, 0.2) is 54.5 Å². The zero-order chi connectivity index (χ0) is 42.0. The van der Waals surface area contributed by atoms with Gasteiger partial charge in [0.25, 0.3) is 10.1 Å². The summed E-state index contributed by atoms with van der Waals surface area (Å²) >= 11 is 0. The molecule has 308 valence electrons. The Labute approximate surface area is 331 Å². The summed E-state index contributed by atoms with van der Waals surface area (Å²) in [4.78, 5) is 45.1. The quantitative estimate of drug-likeness (QED) is 0.0981. The van der Waals surface area contributed by atoms with E-state index in [-0.39, 0.29) is 40.9 Å². The summed E-state index contributed by atoms with van der Waals surface area (Å²) in [6, 6.07) is 7.31. The minimum Gasteiger partial charge on any atom is -0.473 e. The molecular formula is C40H58N6O9S. The molecule has 2 heterocycles. The van der Waals surface area contributed by atoms with E-state index in [1.807, 2.05) is 58.6 Å². The number of ether oxygens (including phenoxy) is 4. The maximum absolute atomic E-state index is 13.9. The summed E-state index contributed by atoms with van der Waals surface area (Å²) in [6.45, 7) is 25.8. The zero-order valence-electron chi connectivity index (χ0n) is 34.8. The number of fused-ring (bicyclic) bond motifs is 1. The number of aromatic nitrogens is 2. The van der Waals surface area contributed by atoms with Gasteiger partial charge in [0.05, 0.1) is 18.6 Å². The van der Waals surface area contributed by atoms with Crippen molar-refractivity contribution in [2.45, 2.75) is 105 Å². The molecule has 16 heteroatoms. The van der Waals surface area contributed by atoms with Gasteiger partial charge in [0.1, 0.15) is 22.6 Å². The number of carbonyl (C=O) groups is 2. The second-order valence-electron chi connectivity index (χ2n) is 17.2. The number of benzene rings is 1. The van der Waals surface area contributed by atoms with E-state index in [4.69, 9.17) is 33.1 Å². The van der Waals surface area contributed by atoms with Gasteiger partial charge in [-0.05, 0) is 105 Å². The molecule has 1 aromatic carbocycles. The topological polar surface area (TPSA) is 162 Å². The van der Waals surface area contributed by atoms with E-state index in [1.165, 1.54) is 11.1 Å². The maximum atomic E-state index is 13.9.